The molecule has 0 heterocycles. The first kappa shape index (κ1) is 14.9. The molecule has 1 atom stereocenters. The predicted octanol–water partition coefficient (Wildman–Crippen LogP) is 1.73. The Morgan fingerprint density at radius 3 is 2.53 bits per heavy atom. The topological polar surface area (TPSA) is 24.5 Å². The summed E-state index contributed by atoms with van der Waals surface area (Å²) < 4.78 is 5.14. The van der Waals surface area contributed by atoms with Crippen molar-refractivity contribution in [1.82, 2.24) is 10.2 Å². The van der Waals surface area contributed by atoms with Crippen LogP contribution in [0.25, 0.3) is 0 Å². The molecule has 0 amide bonds. The van der Waals surface area contributed by atoms with Crippen molar-refractivity contribution in [2.24, 2.45) is 0 Å². The van der Waals surface area contributed by atoms with Crippen LogP contribution in [0, 0.1) is 0 Å². The standard InChI is InChI=1S/C12H28N2O/c1-5-12(2)14(10-11-15-4)9-7-6-8-13-3/h12-13H,5-11H2,1-4H3. The number of hydrogen-bond acceptors (Lipinski definition) is 3. The summed E-state index contributed by atoms with van der Waals surface area (Å²) in [6.07, 6.45) is 3.75. The van der Waals surface area contributed by atoms with Crippen LogP contribution < -0.4 is 5.32 Å². The van der Waals surface area contributed by atoms with Gasteiger partial charge in [0.1, 0.15) is 0 Å². The molecule has 3 heteroatoms. The minimum atomic E-state index is 0.676. The third kappa shape index (κ3) is 7.77. The zero-order valence-corrected chi connectivity index (χ0v) is 10.9. The fourth-order valence-electron chi connectivity index (χ4n) is 1.64. The van der Waals surface area contributed by atoms with Gasteiger partial charge >= 0.3 is 0 Å². The van der Waals surface area contributed by atoms with Gasteiger partial charge in [0.2, 0.25) is 0 Å². The minimum absolute atomic E-state index is 0.676. The van der Waals surface area contributed by atoms with Gasteiger partial charge in [-0.2, -0.15) is 0 Å². The van der Waals surface area contributed by atoms with E-state index in [2.05, 4.69) is 24.1 Å². The van der Waals surface area contributed by atoms with Crippen LogP contribution in [-0.4, -0.2) is 51.3 Å². The van der Waals surface area contributed by atoms with E-state index in [1.165, 1.54) is 25.8 Å². The Labute approximate surface area is 95.2 Å². The highest BCUT2D eigenvalue weighted by atomic mass is 16.5. The number of hydrogen-bond donors (Lipinski definition) is 1. The molecule has 0 aromatic rings. The number of nitrogens with one attached hydrogen (secondary N) is 1. The average molecular weight is 216 g/mol. The number of rotatable bonds is 10. The van der Waals surface area contributed by atoms with Crippen LogP contribution in [0.5, 0.6) is 0 Å². The lowest BCUT2D eigenvalue weighted by Crippen LogP contribution is -2.36. The van der Waals surface area contributed by atoms with Gasteiger partial charge < -0.3 is 10.1 Å². The molecule has 0 aliphatic rings. The molecule has 0 spiro atoms. The quantitative estimate of drug-likeness (QED) is 0.563. The third-order valence-electron chi connectivity index (χ3n) is 2.92. The minimum Gasteiger partial charge on any atom is -0.383 e. The predicted molar refractivity (Wildman–Crippen MR) is 66.4 cm³/mol. The zero-order chi connectivity index (χ0) is 11.5. The second-order valence-corrected chi connectivity index (χ2v) is 4.10. The first-order valence-electron chi connectivity index (χ1n) is 6.13. The summed E-state index contributed by atoms with van der Waals surface area (Å²) in [5.41, 5.74) is 0. The average Bonchev–Trinajstić information content (AvgIpc) is 2.27. The molecule has 0 aromatic carbocycles. The third-order valence-corrected chi connectivity index (χ3v) is 2.92. The van der Waals surface area contributed by atoms with E-state index in [4.69, 9.17) is 4.74 Å². The number of ether oxygens (including phenoxy) is 1. The van der Waals surface area contributed by atoms with E-state index >= 15 is 0 Å². The van der Waals surface area contributed by atoms with Crippen LogP contribution in [0.4, 0.5) is 0 Å². The Balaban J connectivity index is 3.69. The zero-order valence-electron chi connectivity index (χ0n) is 10.9. The van der Waals surface area contributed by atoms with Gasteiger partial charge in [-0.1, -0.05) is 6.92 Å². The SMILES string of the molecule is CCC(C)N(CCCCNC)CCOC. The maximum Gasteiger partial charge on any atom is 0.0589 e. The van der Waals surface area contributed by atoms with Crippen LogP contribution in [0.15, 0.2) is 0 Å². The molecule has 3 nitrogen and oxygen atoms in total. The van der Waals surface area contributed by atoms with Crippen molar-refractivity contribution in [1.29, 1.82) is 0 Å². The monoisotopic (exact) mass is 216 g/mol. The normalized spacial score (nSPS) is 13.4. The van der Waals surface area contributed by atoms with Gasteiger partial charge in [-0.25, -0.2) is 0 Å². The summed E-state index contributed by atoms with van der Waals surface area (Å²) in [6.45, 7) is 8.77. The van der Waals surface area contributed by atoms with Gasteiger partial charge in [-0.05, 0) is 46.3 Å². The Morgan fingerprint density at radius 2 is 2.00 bits per heavy atom. The van der Waals surface area contributed by atoms with E-state index in [9.17, 15) is 0 Å². The van der Waals surface area contributed by atoms with Gasteiger partial charge in [0.15, 0.2) is 0 Å². The molecule has 0 saturated carbocycles. The molecule has 0 aromatic heterocycles. The van der Waals surface area contributed by atoms with Gasteiger partial charge in [-0.3, -0.25) is 4.90 Å². The van der Waals surface area contributed by atoms with Crippen LogP contribution in [-0.2, 0) is 4.74 Å². The summed E-state index contributed by atoms with van der Waals surface area (Å²) in [5, 5.41) is 3.18. The van der Waals surface area contributed by atoms with Crippen LogP contribution in [0.1, 0.15) is 33.1 Å². The highest BCUT2D eigenvalue weighted by Gasteiger charge is 2.10. The molecular formula is C12H28N2O. The second-order valence-electron chi connectivity index (χ2n) is 4.10. The molecule has 0 saturated heterocycles. The summed E-state index contributed by atoms with van der Waals surface area (Å²) in [7, 11) is 3.78. The van der Waals surface area contributed by atoms with Gasteiger partial charge in [0, 0.05) is 19.7 Å². The maximum absolute atomic E-state index is 5.14. The van der Waals surface area contributed by atoms with Crippen molar-refractivity contribution in [3.63, 3.8) is 0 Å². The van der Waals surface area contributed by atoms with Crippen LogP contribution in [0.2, 0.25) is 0 Å². The largest absolute Gasteiger partial charge is 0.383 e. The molecule has 0 rings (SSSR count). The lowest BCUT2D eigenvalue weighted by Gasteiger charge is -2.28. The number of unbranched alkanes of at least 4 members (excludes halogenated alkanes) is 1. The van der Waals surface area contributed by atoms with Crippen molar-refractivity contribution in [2.45, 2.75) is 39.2 Å². The van der Waals surface area contributed by atoms with Crippen LogP contribution >= 0.6 is 0 Å². The van der Waals surface area contributed by atoms with Crippen molar-refractivity contribution in [2.75, 3.05) is 40.4 Å². The number of methoxy groups -OCH3 is 1. The second kappa shape index (κ2) is 10.4. The Hall–Kier alpha value is -0.120. The molecule has 0 bridgehead atoms. The lowest BCUT2D eigenvalue weighted by atomic mass is 10.2. The fraction of sp³-hybridized carbons (Fsp3) is 1.00. The van der Waals surface area contributed by atoms with Crippen molar-refractivity contribution < 1.29 is 4.74 Å². The van der Waals surface area contributed by atoms with Gasteiger partial charge in [-0.15, -0.1) is 0 Å². The van der Waals surface area contributed by atoms with Gasteiger partial charge in [0.25, 0.3) is 0 Å². The van der Waals surface area contributed by atoms with Crippen molar-refractivity contribution in [3.8, 4) is 0 Å². The molecule has 1 unspecified atom stereocenters. The Morgan fingerprint density at radius 1 is 1.27 bits per heavy atom. The smallest absolute Gasteiger partial charge is 0.0589 e. The highest BCUT2D eigenvalue weighted by Crippen LogP contribution is 2.05. The highest BCUT2D eigenvalue weighted by molar-refractivity contribution is 4.65. The van der Waals surface area contributed by atoms with Crippen LogP contribution in [0.3, 0.4) is 0 Å². The summed E-state index contributed by atoms with van der Waals surface area (Å²) in [5.74, 6) is 0. The maximum atomic E-state index is 5.14. The lowest BCUT2D eigenvalue weighted by molar-refractivity contribution is 0.121. The molecule has 0 radical (unpaired) electrons. The van der Waals surface area contributed by atoms with E-state index in [1.807, 2.05) is 7.05 Å². The molecular weight excluding hydrogens is 188 g/mol. The molecule has 1 N–H and O–H groups in total. The molecule has 0 aliphatic carbocycles. The van der Waals surface area contributed by atoms with Gasteiger partial charge in [0.05, 0.1) is 6.61 Å². The Bertz CT molecular complexity index is 131. The molecule has 15 heavy (non-hydrogen) atoms. The molecule has 92 valence electrons. The van der Waals surface area contributed by atoms with E-state index in [-0.39, 0.29) is 0 Å². The summed E-state index contributed by atoms with van der Waals surface area (Å²) in [6, 6.07) is 0.676. The van der Waals surface area contributed by atoms with E-state index < -0.39 is 0 Å². The van der Waals surface area contributed by atoms with Crippen molar-refractivity contribution in [3.05, 3.63) is 0 Å². The summed E-state index contributed by atoms with van der Waals surface area (Å²) in [4.78, 5) is 2.53. The summed E-state index contributed by atoms with van der Waals surface area (Å²) >= 11 is 0. The van der Waals surface area contributed by atoms with E-state index in [0.29, 0.717) is 6.04 Å². The fourth-order valence-corrected chi connectivity index (χ4v) is 1.64. The van der Waals surface area contributed by atoms with E-state index in [0.717, 1.165) is 19.7 Å². The molecule has 0 aliphatic heterocycles. The molecule has 0 fully saturated rings. The van der Waals surface area contributed by atoms with E-state index in [1.54, 1.807) is 7.11 Å². The first-order chi connectivity index (χ1) is 7.26. The first-order valence-corrected chi connectivity index (χ1v) is 6.13. The van der Waals surface area contributed by atoms with Crippen molar-refractivity contribution >= 4 is 0 Å². The number of nitrogens with zero attached hydrogens (tertiary/aromatic N) is 1. The Kier molecular flexibility index (Phi) is 10.3.